The van der Waals surface area contributed by atoms with Gasteiger partial charge in [-0.15, -0.1) is 0 Å². The predicted octanol–water partition coefficient (Wildman–Crippen LogP) is 5.54. The largest absolute Gasteiger partial charge is 0.388 e. The summed E-state index contributed by atoms with van der Waals surface area (Å²) in [4.78, 5) is 0. The summed E-state index contributed by atoms with van der Waals surface area (Å²) < 4.78 is 0. The standard InChI is InChI=1S/C18H29N/c1-13(2)16-11-8-12-17(18(16)19-4)14(3)15-9-6-5-7-10-15/h8,11-15,19H,5-7,9-10H2,1-4H3. The number of nitrogens with one attached hydrogen (secondary N) is 1. The highest BCUT2D eigenvalue weighted by Gasteiger charge is 2.24. The Morgan fingerprint density at radius 1 is 1.00 bits per heavy atom. The van der Waals surface area contributed by atoms with Crippen molar-refractivity contribution in [2.24, 2.45) is 5.92 Å². The number of para-hydroxylation sites is 1. The zero-order valence-corrected chi connectivity index (χ0v) is 13.0. The van der Waals surface area contributed by atoms with Gasteiger partial charge in [0, 0.05) is 12.7 Å². The van der Waals surface area contributed by atoms with E-state index in [0.29, 0.717) is 11.8 Å². The summed E-state index contributed by atoms with van der Waals surface area (Å²) >= 11 is 0. The van der Waals surface area contributed by atoms with E-state index < -0.39 is 0 Å². The molecule has 1 aliphatic carbocycles. The van der Waals surface area contributed by atoms with Crippen molar-refractivity contribution >= 4 is 5.69 Å². The van der Waals surface area contributed by atoms with Gasteiger partial charge in [-0.2, -0.15) is 0 Å². The van der Waals surface area contributed by atoms with Crippen LogP contribution in [0.3, 0.4) is 0 Å². The lowest BCUT2D eigenvalue weighted by Gasteiger charge is -2.30. The number of anilines is 1. The maximum absolute atomic E-state index is 3.47. The van der Waals surface area contributed by atoms with E-state index in [4.69, 9.17) is 0 Å². The smallest absolute Gasteiger partial charge is 0.0408 e. The van der Waals surface area contributed by atoms with Crippen molar-refractivity contribution < 1.29 is 0 Å². The molecular formula is C18H29N. The molecule has 1 aromatic rings. The second-order valence-electron chi connectivity index (χ2n) is 6.40. The highest BCUT2D eigenvalue weighted by atomic mass is 14.8. The summed E-state index contributed by atoms with van der Waals surface area (Å²) in [6.45, 7) is 6.99. The molecule has 0 bridgehead atoms. The Bertz CT molecular complexity index is 402. The van der Waals surface area contributed by atoms with Gasteiger partial charge in [-0.25, -0.2) is 0 Å². The predicted molar refractivity (Wildman–Crippen MR) is 85.1 cm³/mol. The van der Waals surface area contributed by atoms with Gasteiger partial charge in [0.25, 0.3) is 0 Å². The van der Waals surface area contributed by atoms with E-state index in [1.165, 1.54) is 48.9 Å². The summed E-state index contributed by atoms with van der Waals surface area (Å²) in [5.74, 6) is 2.14. The summed E-state index contributed by atoms with van der Waals surface area (Å²) in [6.07, 6.45) is 7.11. The molecule has 0 spiro atoms. The fourth-order valence-electron chi connectivity index (χ4n) is 3.63. The number of rotatable bonds is 4. The maximum Gasteiger partial charge on any atom is 0.0408 e. The van der Waals surface area contributed by atoms with Gasteiger partial charge >= 0.3 is 0 Å². The van der Waals surface area contributed by atoms with Crippen molar-refractivity contribution in [2.45, 2.75) is 64.7 Å². The SMILES string of the molecule is CNc1c(C(C)C)cccc1C(C)C1CCCCC1. The molecule has 1 atom stereocenters. The normalized spacial score (nSPS) is 18.6. The first-order chi connectivity index (χ1) is 9.15. The molecule has 1 saturated carbocycles. The zero-order chi connectivity index (χ0) is 13.8. The summed E-state index contributed by atoms with van der Waals surface area (Å²) in [6, 6.07) is 6.84. The van der Waals surface area contributed by atoms with E-state index in [9.17, 15) is 0 Å². The second kappa shape index (κ2) is 6.45. The van der Waals surface area contributed by atoms with Crippen molar-refractivity contribution in [3.63, 3.8) is 0 Å². The third kappa shape index (κ3) is 3.13. The van der Waals surface area contributed by atoms with Crippen molar-refractivity contribution in [2.75, 3.05) is 12.4 Å². The Hall–Kier alpha value is -0.980. The molecule has 1 aliphatic rings. The lowest BCUT2D eigenvalue weighted by atomic mass is 9.76. The van der Waals surface area contributed by atoms with Gasteiger partial charge in [0.2, 0.25) is 0 Å². The minimum absolute atomic E-state index is 0.584. The van der Waals surface area contributed by atoms with Crippen LogP contribution in [0, 0.1) is 5.92 Å². The van der Waals surface area contributed by atoms with Crippen LogP contribution in [-0.4, -0.2) is 7.05 Å². The first kappa shape index (κ1) is 14.4. The van der Waals surface area contributed by atoms with E-state index in [1.54, 1.807) is 0 Å². The Balaban J connectivity index is 2.29. The van der Waals surface area contributed by atoms with Gasteiger partial charge in [0.05, 0.1) is 0 Å². The van der Waals surface area contributed by atoms with Crippen LogP contribution in [0.25, 0.3) is 0 Å². The fraction of sp³-hybridized carbons (Fsp3) is 0.667. The topological polar surface area (TPSA) is 12.0 Å². The van der Waals surface area contributed by atoms with Crippen LogP contribution in [0.4, 0.5) is 5.69 Å². The van der Waals surface area contributed by atoms with Crippen molar-refractivity contribution in [3.8, 4) is 0 Å². The van der Waals surface area contributed by atoms with E-state index in [2.05, 4.69) is 51.3 Å². The van der Waals surface area contributed by atoms with E-state index >= 15 is 0 Å². The second-order valence-corrected chi connectivity index (χ2v) is 6.40. The Morgan fingerprint density at radius 2 is 1.63 bits per heavy atom. The van der Waals surface area contributed by atoms with Crippen LogP contribution in [0.1, 0.15) is 75.8 Å². The van der Waals surface area contributed by atoms with Crippen molar-refractivity contribution in [1.29, 1.82) is 0 Å². The van der Waals surface area contributed by atoms with Crippen LogP contribution in [-0.2, 0) is 0 Å². The lowest BCUT2D eigenvalue weighted by molar-refractivity contribution is 0.316. The molecule has 1 fully saturated rings. The molecule has 19 heavy (non-hydrogen) atoms. The molecule has 0 saturated heterocycles. The summed E-state index contributed by atoms with van der Waals surface area (Å²) in [7, 11) is 2.07. The molecule has 0 radical (unpaired) electrons. The van der Waals surface area contributed by atoms with Gasteiger partial charge in [-0.1, -0.05) is 58.2 Å². The molecule has 1 heteroatoms. The van der Waals surface area contributed by atoms with Crippen LogP contribution in [0.5, 0.6) is 0 Å². The quantitative estimate of drug-likeness (QED) is 0.749. The summed E-state index contributed by atoms with van der Waals surface area (Å²) in [5, 5.41) is 3.47. The zero-order valence-electron chi connectivity index (χ0n) is 13.0. The number of hydrogen-bond acceptors (Lipinski definition) is 1. The molecule has 106 valence electrons. The first-order valence-corrected chi connectivity index (χ1v) is 7.95. The number of hydrogen-bond donors (Lipinski definition) is 1. The molecule has 0 aliphatic heterocycles. The van der Waals surface area contributed by atoms with E-state index in [1.807, 2.05) is 0 Å². The molecule has 1 N–H and O–H groups in total. The molecule has 0 amide bonds. The Morgan fingerprint density at radius 3 is 2.21 bits per heavy atom. The highest BCUT2D eigenvalue weighted by Crippen LogP contribution is 2.40. The molecule has 1 aromatic carbocycles. The van der Waals surface area contributed by atoms with Crippen LogP contribution >= 0.6 is 0 Å². The average molecular weight is 259 g/mol. The average Bonchev–Trinajstić information content (AvgIpc) is 2.46. The van der Waals surface area contributed by atoms with Gasteiger partial charge in [-0.3, -0.25) is 0 Å². The fourth-order valence-corrected chi connectivity index (χ4v) is 3.63. The minimum atomic E-state index is 0.584. The van der Waals surface area contributed by atoms with Crippen LogP contribution < -0.4 is 5.32 Å². The Kier molecular flexibility index (Phi) is 4.90. The third-order valence-electron chi connectivity index (χ3n) is 4.85. The Labute approximate surface area is 118 Å². The first-order valence-electron chi connectivity index (χ1n) is 7.95. The van der Waals surface area contributed by atoms with Gasteiger partial charge < -0.3 is 5.32 Å². The molecule has 2 rings (SSSR count). The molecule has 1 nitrogen and oxygen atoms in total. The van der Waals surface area contributed by atoms with E-state index in [-0.39, 0.29) is 0 Å². The lowest BCUT2D eigenvalue weighted by Crippen LogP contribution is -2.16. The van der Waals surface area contributed by atoms with Crippen molar-refractivity contribution in [3.05, 3.63) is 29.3 Å². The van der Waals surface area contributed by atoms with Crippen molar-refractivity contribution in [1.82, 2.24) is 0 Å². The molecular weight excluding hydrogens is 230 g/mol. The molecule has 0 aromatic heterocycles. The minimum Gasteiger partial charge on any atom is -0.388 e. The molecule has 0 heterocycles. The monoisotopic (exact) mass is 259 g/mol. The van der Waals surface area contributed by atoms with Gasteiger partial charge in [0.15, 0.2) is 0 Å². The maximum atomic E-state index is 3.47. The van der Waals surface area contributed by atoms with Gasteiger partial charge in [0.1, 0.15) is 0 Å². The molecule has 1 unspecified atom stereocenters. The summed E-state index contributed by atoms with van der Waals surface area (Å²) in [5.41, 5.74) is 4.37. The third-order valence-corrected chi connectivity index (χ3v) is 4.85. The number of benzene rings is 1. The van der Waals surface area contributed by atoms with Crippen LogP contribution in [0.15, 0.2) is 18.2 Å². The van der Waals surface area contributed by atoms with E-state index in [0.717, 1.165) is 5.92 Å². The van der Waals surface area contributed by atoms with Gasteiger partial charge in [-0.05, 0) is 41.7 Å². The highest BCUT2D eigenvalue weighted by molar-refractivity contribution is 5.59. The van der Waals surface area contributed by atoms with Crippen LogP contribution in [0.2, 0.25) is 0 Å².